The van der Waals surface area contributed by atoms with Gasteiger partial charge in [0.2, 0.25) is 5.91 Å². The highest BCUT2D eigenvalue weighted by Gasteiger charge is 2.14. The number of amides is 1. The molecule has 0 saturated carbocycles. The second-order valence-corrected chi connectivity index (χ2v) is 4.84. The van der Waals surface area contributed by atoms with Crippen LogP contribution in [0.1, 0.15) is 36.7 Å². The average Bonchev–Trinajstić information content (AvgIpc) is 2.49. The molecule has 0 aromatic carbocycles. The number of aromatic nitrogens is 2. The summed E-state index contributed by atoms with van der Waals surface area (Å²) in [6.07, 6.45) is 0.908. The van der Waals surface area contributed by atoms with E-state index in [0.29, 0.717) is 12.8 Å². The largest absolute Gasteiger partial charge is 0.481 e. The Morgan fingerprint density at radius 2 is 2.05 bits per heavy atom. The zero-order valence-electron chi connectivity index (χ0n) is 11.9. The van der Waals surface area contributed by atoms with Crippen molar-refractivity contribution < 1.29 is 14.7 Å². The summed E-state index contributed by atoms with van der Waals surface area (Å²) in [5.74, 6) is -1.04. The van der Waals surface area contributed by atoms with E-state index in [9.17, 15) is 9.59 Å². The molecule has 0 spiro atoms. The molecule has 2 N–H and O–H groups in total. The molecule has 0 saturated heterocycles. The lowest BCUT2D eigenvalue weighted by Gasteiger charge is -2.11. The number of nitrogens with one attached hydrogen (secondary N) is 1. The monoisotopic (exact) mass is 267 g/mol. The van der Waals surface area contributed by atoms with E-state index in [1.165, 1.54) is 0 Å². The lowest BCUT2D eigenvalue weighted by atomic mass is 10.1. The fourth-order valence-electron chi connectivity index (χ4n) is 2.08. The average molecular weight is 267 g/mol. The standard InChI is InChI=1S/C13H21N3O3/c1-8(7-13(18)19)14-12(17)6-5-11-9(2)15-16(4)10(11)3/h8H,5-7H2,1-4H3,(H,14,17)(H,18,19). The molecule has 1 atom stereocenters. The van der Waals surface area contributed by atoms with E-state index >= 15 is 0 Å². The van der Waals surface area contributed by atoms with E-state index in [-0.39, 0.29) is 18.4 Å². The van der Waals surface area contributed by atoms with Gasteiger partial charge in [-0.05, 0) is 32.8 Å². The first-order valence-corrected chi connectivity index (χ1v) is 6.31. The van der Waals surface area contributed by atoms with Crippen LogP contribution in [0.4, 0.5) is 0 Å². The van der Waals surface area contributed by atoms with Gasteiger partial charge in [-0.25, -0.2) is 0 Å². The number of hydrogen-bond donors (Lipinski definition) is 2. The van der Waals surface area contributed by atoms with E-state index in [0.717, 1.165) is 17.0 Å². The van der Waals surface area contributed by atoms with E-state index in [1.54, 1.807) is 11.6 Å². The Morgan fingerprint density at radius 3 is 2.53 bits per heavy atom. The maximum Gasteiger partial charge on any atom is 0.305 e. The molecule has 1 heterocycles. The van der Waals surface area contributed by atoms with Crippen LogP contribution in [0.15, 0.2) is 0 Å². The predicted octanol–water partition coefficient (Wildman–Crippen LogP) is 0.949. The zero-order valence-corrected chi connectivity index (χ0v) is 11.9. The zero-order chi connectivity index (χ0) is 14.6. The van der Waals surface area contributed by atoms with Crippen molar-refractivity contribution in [2.45, 2.75) is 46.1 Å². The second-order valence-electron chi connectivity index (χ2n) is 4.84. The third kappa shape index (κ3) is 4.39. The first-order chi connectivity index (χ1) is 8.81. The van der Waals surface area contributed by atoms with Crippen LogP contribution in [0.25, 0.3) is 0 Å². The Morgan fingerprint density at radius 1 is 1.42 bits per heavy atom. The van der Waals surface area contributed by atoms with Crippen molar-refractivity contribution in [2.75, 3.05) is 0 Å². The summed E-state index contributed by atoms with van der Waals surface area (Å²) in [4.78, 5) is 22.2. The van der Waals surface area contributed by atoms with Crippen LogP contribution in [-0.4, -0.2) is 32.8 Å². The fraction of sp³-hybridized carbons (Fsp3) is 0.615. The molecule has 1 amide bonds. The minimum Gasteiger partial charge on any atom is -0.481 e. The molecule has 106 valence electrons. The van der Waals surface area contributed by atoms with Crippen LogP contribution in [0.2, 0.25) is 0 Å². The number of carbonyl (C=O) groups is 2. The third-order valence-corrected chi connectivity index (χ3v) is 3.15. The highest BCUT2D eigenvalue weighted by Crippen LogP contribution is 2.13. The van der Waals surface area contributed by atoms with Gasteiger partial charge in [0.1, 0.15) is 0 Å². The molecule has 1 rings (SSSR count). The molecular formula is C13H21N3O3. The summed E-state index contributed by atoms with van der Waals surface area (Å²) in [6, 6.07) is -0.346. The molecule has 1 unspecified atom stereocenters. The number of carboxylic acid groups (broad SMARTS) is 1. The molecule has 0 aliphatic heterocycles. The Kier molecular flexibility index (Phi) is 5.09. The number of carboxylic acids is 1. The molecule has 6 nitrogen and oxygen atoms in total. The topological polar surface area (TPSA) is 84.2 Å². The number of carbonyl (C=O) groups excluding carboxylic acids is 1. The number of rotatable bonds is 6. The van der Waals surface area contributed by atoms with Crippen molar-refractivity contribution in [1.29, 1.82) is 0 Å². The lowest BCUT2D eigenvalue weighted by Crippen LogP contribution is -2.34. The van der Waals surface area contributed by atoms with Crippen LogP contribution in [0.3, 0.4) is 0 Å². The predicted molar refractivity (Wildman–Crippen MR) is 70.9 cm³/mol. The van der Waals surface area contributed by atoms with Gasteiger partial charge >= 0.3 is 5.97 Å². The van der Waals surface area contributed by atoms with Gasteiger partial charge in [-0.2, -0.15) is 5.10 Å². The molecule has 0 aliphatic carbocycles. The number of aryl methyl sites for hydroxylation is 2. The van der Waals surface area contributed by atoms with Crippen LogP contribution < -0.4 is 5.32 Å². The Bertz CT molecular complexity index is 480. The quantitative estimate of drug-likeness (QED) is 0.803. The Labute approximate surface area is 112 Å². The molecule has 1 aromatic rings. The molecule has 0 bridgehead atoms. The molecule has 19 heavy (non-hydrogen) atoms. The summed E-state index contributed by atoms with van der Waals surface area (Å²) >= 11 is 0. The van der Waals surface area contributed by atoms with Crippen LogP contribution in [0.5, 0.6) is 0 Å². The van der Waals surface area contributed by atoms with Crippen molar-refractivity contribution in [3.63, 3.8) is 0 Å². The second kappa shape index (κ2) is 6.36. The lowest BCUT2D eigenvalue weighted by molar-refractivity contribution is -0.137. The van der Waals surface area contributed by atoms with Gasteiger partial charge in [-0.1, -0.05) is 0 Å². The normalized spacial score (nSPS) is 12.2. The maximum atomic E-state index is 11.7. The van der Waals surface area contributed by atoms with Crippen molar-refractivity contribution in [2.24, 2.45) is 7.05 Å². The van der Waals surface area contributed by atoms with E-state index in [1.807, 2.05) is 20.9 Å². The maximum absolute atomic E-state index is 11.7. The molecular weight excluding hydrogens is 246 g/mol. The van der Waals surface area contributed by atoms with Gasteiger partial charge in [0.25, 0.3) is 0 Å². The highest BCUT2D eigenvalue weighted by molar-refractivity contribution is 5.77. The van der Waals surface area contributed by atoms with Gasteiger partial charge < -0.3 is 10.4 Å². The minimum absolute atomic E-state index is 0.0588. The first-order valence-electron chi connectivity index (χ1n) is 6.31. The van der Waals surface area contributed by atoms with E-state index < -0.39 is 5.97 Å². The Balaban J connectivity index is 2.48. The van der Waals surface area contributed by atoms with Crippen molar-refractivity contribution in [3.8, 4) is 0 Å². The molecule has 1 aromatic heterocycles. The van der Waals surface area contributed by atoms with Crippen LogP contribution in [0, 0.1) is 13.8 Å². The molecule has 6 heteroatoms. The van der Waals surface area contributed by atoms with Crippen molar-refractivity contribution in [3.05, 3.63) is 17.0 Å². The minimum atomic E-state index is -0.910. The molecule has 0 aliphatic rings. The summed E-state index contributed by atoms with van der Waals surface area (Å²) in [5, 5.41) is 15.6. The number of nitrogens with zero attached hydrogens (tertiary/aromatic N) is 2. The van der Waals surface area contributed by atoms with Gasteiger partial charge in [0, 0.05) is 25.2 Å². The van der Waals surface area contributed by atoms with Crippen molar-refractivity contribution in [1.82, 2.24) is 15.1 Å². The Hall–Kier alpha value is -1.85. The summed E-state index contributed by atoms with van der Waals surface area (Å²) < 4.78 is 1.80. The van der Waals surface area contributed by atoms with Crippen molar-refractivity contribution >= 4 is 11.9 Å². The fourth-order valence-corrected chi connectivity index (χ4v) is 2.08. The van der Waals surface area contributed by atoms with Gasteiger partial charge in [-0.15, -0.1) is 0 Å². The summed E-state index contributed by atoms with van der Waals surface area (Å²) in [6.45, 7) is 5.58. The highest BCUT2D eigenvalue weighted by atomic mass is 16.4. The van der Waals surface area contributed by atoms with Gasteiger partial charge in [0.15, 0.2) is 0 Å². The number of aliphatic carboxylic acids is 1. The smallest absolute Gasteiger partial charge is 0.305 e. The van der Waals surface area contributed by atoms with Gasteiger partial charge in [-0.3, -0.25) is 14.3 Å². The molecule has 0 fully saturated rings. The van der Waals surface area contributed by atoms with Crippen LogP contribution in [-0.2, 0) is 23.1 Å². The first kappa shape index (κ1) is 15.2. The van der Waals surface area contributed by atoms with E-state index in [2.05, 4.69) is 10.4 Å². The third-order valence-electron chi connectivity index (χ3n) is 3.15. The van der Waals surface area contributed by atoms with E-state index in [4.69, 9.17) is 5.11 Å². The summed E-state index contributed by atoms with van der Waals surface area (Å²) in [7, 11) is 1.88. The van der Waals surface area contributed by atoms with Crippen LogP contribution >= 0.6 is 0 Å². The van der Waals surface area contributed by atoms with Gasteiger partial charge in [0.05, 0.1) is 12.1 Å². The number of hydrogen-bond acceptors (Lipinski definition) is 3. The molecule has 0 radical (unpaired) electrons. The SMILES string of the molecule is Cc1nn(C)c(C)c1CCC(=O)NC(C)CC(=O)O. The summed E-state index contributed by atoms with van der Waals surface area (Å²) in [5.41, 5.74) is 3.08.